The molecule has 2 aliphatic carbocycles. The predicted octanol–water partition coefficient (Wildman–Crippen LogP) is 3.57. The van der Waals surface area contributed by atoms with Crippen molar-refractivity contribution in [1.29, 1.82) is 0 Å². The molecule has 1 spiro atoms. The van der Waals surface area contributed by atoms with Crippen LogP contribution >= 0.6 is 15.9 Å². The summed E-state index contributed by atoms with van der Waals surface area (Å²) in [5.74, 6) is 0. The van der Waals surface area contributed by atoms with Crippen molar-refractivity contribution in [2.75, 3.05) is 0 Å². The van der Waals surface area contributed by atoms with Crippen molar-refractivity contribution < 1.29 is 5.11 Å². The Morgan fingerprint density at radius 2 is 2.00 bits per heavy atom. The van der Waals surface area contributed by atoms with Crippen LogP contribution in [0.3, 0.4) is 0 Å². The summed E-state index contributed by atoms with van der Waals surface area (Å²) in [5, 5.41) is 10.4. The van der Waals surface area contributed by atoms with Gasteiger partial charge in [-0.3, -0.25) is 0 Å². The minimum Gasteiger partial charge on any atom is -0.392 e. The topological polar surface area (TPSA) is 20.2 Å². The maximum Gasteiger partial charge on any atom is 0.0640 e. The van der Waals surface area contributed by atoms with Gasteiger partial charge in [0.2, 0.25) is 0 Å². The highest BCUT2D eigenvalue weighted by Crippen LogP contribution is 2.49. The first-order valence-electron chi connectivity index (χ1n) is 6.19. The zero-order valence-corrected chi connectivity index (χ0v) is 11.0. The lowest BCUT2D eigenvalue weighted by Gasteiger charge is -2.40. The quantitative estimate of drug-likeness (QED) is 0.770. The van der Waals surface area contributed by atoms with Crippen molar-refractivity contribution in [2.24, 2.45) is 0 Å². The number of aryl methyl sites for hydroxylation is 1. The standard InChI is InChI=1S/C14H17BrO/c15-11-4-5-12-10(9-11)3-6-13(16)14(12)7-1-2-8-14/h4-5,9,13,16H,1-3,6-8H2. The van der Waals surface area contributed by atoms with Crippen LogP contribution in [0.4, 0.5) is 0 Å². The summed E-state index contributed by atoms with van der Waals surface area (Å²) in [5.41, 5.74) is 2.96. The van der Waals surface area contributed by atoms with Crippen LogP contribution in [0.5, 0.6) is 0 Å². The van der Waals surface area contributed by atoms with Gasteiger partial charge in [0.25, 0.3) is 0 Å². The normalized spacial score (nSPS) is 27.0. The maximum absolute atomic E-state index is 10.4. The van der Waals surface area contributed by atoms with E-state index in [1.807, 2.05) is 0 Å². The molecule has 16 heavy (non-hydrogen) atoms. The van der Waals surface area contributed by atoms with Crippen LogP contribution in [-0.4, -0.2) is 11.2 Å². The van der Waals surface area contributed by atoms with E-state index in [9.17, 15) is 5.11 Å². The number of hydrogen-bond acceptors (Lipinski definition) is 1. The number of rotatable bonds is 0. The highest BCUT2D eigenvalue weighted by Gasteiger charge is 2.45. The van der Waals surface area contributed by atoms with E-state index in [2.05, 4.69) is 34.1 Å². The molecule has 86 valence electrons. The summed E-state index contributed by atoms with van der Waals surface area (Å²) in [7, 11) is 0. The SMILES string of the molecule is OC1CCc2cc(Br)ccc2C12CCCC2. The summed E-state index contributed by atoms with van der Waals surface area (Å²) in [6.07, 6.45) is 6.72. The fourth-order valence-corrected chi connectivity index (χ4v) is 4.02. The molecule has 0 radical (unpaired) electrons. The minimum absolute atomic E-state index is 0.0916. The molecule has 1 aromatic carbocycles. The van der Waals surface area contributed by atoms with Gasteiger partial charge in [0, 0.05) is 9.89 Å². The monoisotopic (exact) mass is 280 g/mol. The number of hydrogen-bond donors (Lipinski definition) is 1. The van der Waals surface area contributed by atoms with E-state index in [1.54, 1.807) is 0 Å². The summed E-state index contributed by atoms with van der Waals surface area (Å²) in [6, 6.07) is 6.59. The molecule has 1 aromatic rings. The van der Waals surface area contributed by atoms with Gasteiger partial charge >= 0.3 is 0 Å². The second-order valence-corrected chi connectivity index (χ2v) is 6.13. The largest absolute Gasteiger partial charge is 0.392 e. The molecule has 0 amide bonds. The lowest BCUT2D eigenvalue weighted by molar-refractivity contribution is 0.0661. The first-order valence-corrected chi connectivity index (χ1v) is 6.99. The highest BCUT2D eigenvalue weighted by molar-refractivity contribution is 9.10. The van der Waals surface area contributed by atoms with Crippen LogP contribution in [0.2, 0.25) is 0 Å². The summed E-state index contributed by atoms with van der Waals surface area (Å²) in [6.45, 7) is 0. The fourth-order valence-electron chi connectivity index (χ4n) is 3.61. The Hall–Kier alpha value is -0.340. The third-order valence-corrected chi connectivity index (χ3v) is 4.92. The fraction of sp³-hybridized carbons (Fsp3) is 0.571. The van der Waals surface area contributed by atoms with E-state index in [0.717, 1.165) is 17.3 Å². The molecule has 0 aliphatic heterocycles. The molecule has 1 saturated carbocycles. The minimum atomic E-state index is -0.122. The maximum atomic E-state index is 10.4. The van der Waals surface area contributed by atoms with Crippen molar-refractivity contribution in [3.8, 4) is 0 Å². The van der Waals surface area contributed by atoms with Crippen molar-refractivity contribution in [3.05, 3.63) is 33.8 Å². The lowest BCUT2D eigenvalue weighted by Crippen LogP contribution is -2.41. The molecule has 0 aromatic heterocycles. The summed E-state index contributed by atoms with van der Waals surface area (Å²) >= 11 is 3.54. The van der Waals surface area contributed by atoms with Crippen molar-refractivity contribution >= 4 is 15.9 Å². The molecule has 0 saturated heterocycles. The smallest absolute Gasteiger partial charge is 0.0640 e. The van der Waals surface area contributed by atoms with Crippen molar-refractivity contribution in [2.45, 2.75) is 50.0 Å². The second-order valence-electron chi connectivity index (χ2n) is 5.22. The van der Waals surface area contributed by atoms with Crippen molar-refractivity contribution in [1.82, 2.24) is 0 Å². The van der Waals surface area contributed by atoms with Gasteiger partial charge in [0.1, 0.15) is 0 Å². The third-order valence-electron chi connectivity index (χ3n) is 4.42. The van der Waals surface area contributed by atoms with Gasteiger partial charge < -0.3 is 5.11 Å². The number of halogens is 1. The first-order chi connectivity index (χ1) is 7.72. The molecule has 2 heteroatoms. The number of benzene rings is 1. The summed E-state index contributed by atoms with van der Waals surface area (Å²) < 4.78 is 1.16. The molecule has 0 heterocycles. The van der Waals surface area contributed by atoms with Crippen LogP contribution in [-0.2, 0) is 11.8 Å². The Labute approximate surface area is 105 Å². The van der Waals surface area contributed by atoms with E-state index < -0.39 is 0 Å². The Bertz CT molecular complexity index is 407. The average Bonchev–Trinajstić information content (AvgIpc) is 2.74. The molecule has 1 nitrogen and oxygen atoms in total. The Balaban J connectivity index is 2.13. The van der Waals surface area contributed by atoms with E-state index >= 15 is 0 Å². The van der Waals surface area contributed by atoms with Gasteiger partial charge in [0.15, 0.2) is 0 Å². The molecule has 1 fully saturated rings. The lowest BCUT2D eigenvalue weighted by atomic mass is 9.67. The van der Waals surface area contributed by atoms with Crippen LogP contribution < -0.4 is 0 Å². The number of aliphatic hydroxyl groups excluding tert-OH is 1. The average molecular weight is 281 g/mol. The third kappa shape index (κ3) is 1.46. The zero-order chi connectivity index (χ0) is 11.2. The molecular formula is C14H17BrO. The van der Waals surface area contributed by atoms with Gasteiger partial charge in [-0.2, -0.15) is 0 Å². The Kier molecular flexibility index (Phi) is 2.60. The zero-order valence-electron chi connectivity index (χ0n) is 9.38. The molecule has 1 unspecified atom stereocenters. The van der Waals surface area contributed by atoms with Gasteiger partial charge in [-0.1, -0.05) is 34.8 Å². The summed E-state index contributed by atoms with van der Waals surface area (Å²) in [4.78, 5) is 0. The van der Waals surface area contributed by atoms with Crippen molar-refractivity contribution in [3.63, 3.8) is 0 Å². The van der Waals surface area contributed by atoms with Crippen LogP contribution in [0.25, 0.3) is 0 Å². The van der Waals surface area contributed by atoms with E-state index in [1.165, 1.54) is 36.8 Å². The van der Waals surface area contributed by atoms with Crippen LogP contribution in [0, 0.1) is 0 Å². The first kappa shape index (κ1) is 10.8. The second kappa shape index (κ2) is 3.85. The number of fused-ring (bicyclic) bond motifs is 2. The molecule has 3 rings (SSSR count). The predicted molar refractivity (Wildman–Crippen MR) is 68.6 cm³/mol. The van der Waals surface area contributed by atoms with E-state index in [4.69, 9.17) is 0 Å². The molecular weight excluding hydrogens is 264 g/mol. The van der Waals surface area contributed by atoms with Gasteiger partial charge in [-0.25, -0.2) is 0 Å². The molecule has 1 atom stereocenters. The van der Waals surface area contributed by atoms with E-state index in [-0.39, 0.29) is 11.5 Å². The number of aliphatic hydroxyl groups is 1. The van der Waals surface area contributed by atoms with Gasteiger partial charge in [0.05, 0.1) is 6.10 Å². The molecule has 1 N–H and O–H groups in total. The van der Waals surface area contributed by atoms with Crippen LogP contribution in [0.15, 0.2) is 22.7 Å². The Morgan fingerprint density at radius 3 is 2.75 bits per heavy atom. The molecule has 0 bridgehead atoms. The highest BCUT2D eigenvalue weighted by atomic mass is 79.9. The van der Waals surface area contributed by atoms with E-state index in [0.29, 0.717) is 0 Å². The molecule has 2 aliphatic rings. The van der Waals surface area contributed by atoms with Crippen LogP contribution in [0.1, 0.15) is 43.2 Å². The van der Waals surface area contributed by atoms with Gasteiger partial charge in [-0.05, 0) is 48.9 Å². The van der Waals surface area contributed by atoms with Gasteiger partial charge in [-0.15, -0.1) is 0 Å². The Morgan fingerprint density at radius 1 is 1.25 bits per heavy atom.